The van der Waals surface area contributed by atoms with Crippen molar-refractivity contribution in [2.75, 3.05) is 23.4 Å². The summed E-state index contributed by atoms with van der Waals surface area (Å²) < 4.78 is 17.7. The van der Waals surface area contributed by atoms with E-state index >= 15 is 0 Å². The number of unbranched alkanes of at least 4 members (excludes halogenated alkanes) is 1. The molecule has 0 radical (unpaired) electrons. The van der Waals surface area contributed by atoms with Gasteiger partial charge >= 0.3 is 0 Å². The Morgan fingerprint density at radius 2 is 1.88 bits per heavy atom. The number of carbonyl (C=O) groups is 3. The second-order valence-electron chi connectivity index (χ2n) is 10.5. The minimum atomic E-state index is -0.672. The normalized spacial score (nSPS) is 18.0. The molecular formula is C33H29ClN2O7. The van der Waals surface area contributed by atoms with Crippen molar-refractivity contribution in [3.63, 3.8) is 0 Å². The summed E-state index contributed by atoms with van der Waals surface area (Å²) in [6.07, 6.45) is 4.55. The standard InChI is InChI=1S/C33H29ClN2O7/c1-19-14-22(9-11-27(19)36-32(39)24-10-8-21(34)17-25(24)33(36)40)35-31(38)29-15-20(16-30(43-29)41-13-5-4-12-37)26-18-42-28-7-3-2-6-23(26)28/h2-3,6-11,14-15,17-18,20,30,37H,4-5,12-13,16H2,1H3,(H,35,38)/t20-,30+/m1/s1. The van der Waals surface area contributed by atoms with E-state index in [-0.39, 0.29) is 23.8 Å². The van der Waals surface area contributed by atoms with Gasteiger partial charge in [-0.2, -0.15) is 0 Å². The molecule has 3 aromatic carbocycles. The van der Waals surface area contributed by atoms with Crippen LogP contribution in [0.3, 0.4) is 0 Å². The number of furan rings is 1. The third-order valence-corrected chi connectivity index (χ3v) is 7.83. The van der Waals surface area contributed by atoms with Crippen LogP contribution < -0.4 is 10.2 Å². The van der Waals surface area contributed by atoms with E-state index < -0.39 is 24.0 Å². The number of allylic oxidation sites excluding steroid dienone is 1. The third kappa shape index (κ3) is 5.67. The largest absolute Gasteiger partial charge is 0.464 e. The van der Waals surface area contributed by atoms with Gasteiger partial charge in [0.05, 0.1) is 29.7 Å². The maximum atomic E-state index is 13.5. The number of halogens is 1. The van der Waals surface area contributed by atoms with Gasteiger partial charge in [-0.15, -0.1) is 0 Å². The zero-order valence-electron chi connectivity index (χ0n) is 23.3. The SMILES string of the molecule is Cc1cc(NC(=O)C2=C[C@@H](c3coc4ccccc34)C[C@@H](OCCCCO)O2)ccc1N1C(=O)c2ccc(Cl)cc2C1=O. The lowest BCUT2D eigenvalue weighted by Crippen LogP contribution is -2.30. The van der Waals surface area contributed by atoms with Crippen LogP contribution in [-0.4, -0.2) is 42.3 Å². The number of anilines is 2. The highest BCUT2D eigenvalue weighted by Crippen LogP contribution is 2.37. The molecule has 2 atom stereocenters. The number of amides is 3. The quantitative estimate of drug-likeness (QED) is 0.170. The fourth-order valence-corrected chi connectivity index (χ4v) is 5.63. The van der Waals surface area contributed by atoms with Gasteiger partial charge in [-0.05, 0) is 73.9 Å². The van der Waals surface area contributed by atoms with Crippen LogP contribution in [0.15, 0.2) is 83.2 Å². The van der Waals surface area contributed by atoms with Crippen molar-refractivity contribution in [1.82, 2.24) is 0 Å². The molecule has 2 aliphatic rings. The average Bonchev–Trinajstić information content (AvgIpc) is 3.54. The van der Waals surface area contributed by atoms with Gasteiger partial charge in [0.2, 0.25) is 6.29 Å². The van der Waals surface area contributed by atoms with Crippen LogP contribution in [0.2, 0.25) is 5.02 Å². The number of aryl methyl sites for hydroxylation is 1. The molecule has 0 spiro atoms. The highest BCUT2D eigenvalue weighted by molar-refractivity contribution is 6.37. The molecule has 4 aromatic rings. The molecule has 3 heterocycles. The van der Waals surface area contributed by atoms with E-state index in [4.69, 9.17) is 30.6 Å². The van der Waals surface area contributed by atoms with Crippen LogP contribution in [0.5, 0.6) is 0 Å². The van der Waals surface area contributed by atoms with Crippen molar-refractivity contribution in [3.05, 3.63) is 106 Å². The number of carbonyl (C=O) groups excluding carboxylic acids is 3. The summed E-state index contributed by atoms with van der Waals surface area (Å²) in [7, 11) is 0. The Labute approximate surface area is 252 Å². The number of fused-ring (bicyclic) bond motifs is 2. The highest BCUT2D eigenvalue weighted by Gasteiger charge is 2.37. The van der Waals surface area contributed by atoms with Crippen molar-refractivity contribution in [2.24, 2.45) is 0 Å². The van der Waals surface area contributed by atoms with Crippen LogP contribution >= 0.6 is 11.6 Å². The number of hydrogen-bond donors (Lipinski definition) is 2. The van der Waals surface area contributed by atoms with Crippen molar-refractivity contribution < 1.29 is 33.4 Å². The molecule has 9 nitrogen and oxygen atoms in total. The van der Waals surface area contributed by atoms with E-state index in [0.717, 1.165) is 21.4 Å². The third-order valence-electron chi connectivity index (χ3n) is 7.59. The molecule has 0 unspecified atom stereocenters. The van der Waals surface area contributed by atoms with Crippen LogP contribution in [0.4, 0.5) is 11.4 Å². The van der Waals surface area contributed by atoms with Crippen molar-refractivity contribution in [1.29, 1.82) is 0 Å². The van der Waals surface area contributed by atoms with E-state index in [1.54, 1.807) is 49.6 Å². The maximum Gasteiger partial charge on any atom is 0.290 e. The number of rotatable bonds is 9. The molecule has 2 aliphatic heterocycles. The van der Waals surface area contributed by atoms with Gasteiger partial charge < -0.3 is 24.3 Å². The van der Waals surface area contributed by atoms with Crippen molar-refractivity contribution >= 4 is 51.7 Å². The summed E-state index contributed by atoms with van der Waals surface area (Å²) in [6.45, 7) is 2.21. The second kappa shape index (κ2) is 12.0. The minimum Gasteiger partial charge on any atom is -0.464 e. The first kappa shape index (κ1) is 28.7. The number of imide groups is 1. The van der Waals surface area contributed by atoms with Crippen LogP contribution in [0.25, 0.3) is 11.0 Å². The number of nitrogens with one attached hydrogen (secondary N) is 1. The van der Waals surface area contributed by atoms with Gasteiger partial charge in [0.1, 0.15) is 5.58 Å². The smallest absolute Gasteiger partial charge is 0.290 e. The van der Waals surface area contributed by atoms with E-state index in [9.17, 15) is 14.4 Å². The molecule has 1 aromatic heterocycles. The van der Waals surface area contributed by atoms with Gasteiger partial charge in [-0.3, -0.25) is 14.4 Å². The van der Waals surface area contributed by atoms with Crippen molar-refractivity contribution in [3.8, 4) is 0 Å². The average molecular weight is 601 g/mol. The number of benzene rings is 3. The summed E-state index contributed by atoms with van der Waals surface area (Å²) in [5.41, 5.74) is 3.72. The predicted octanol–water partition coefficient (Wildman–Crippen LogP) is 6.34. The summed E-state index contributed by atoms with van der Waals surface area (Å²) in [4.78, 5) is 40.7. The Bertz CT molecular complexity index is 1760. The van der Waals surface area contributed by atoms with Gasteiger partial charge in [-0.1, -0.05) is 29.8 Å². The molecule has 220 valence electrons. The monoisotopic (exact) mass is 600 g/mol. The molecule has 0 saturated carbocycles. The lowest BCUT2D eigenvalue weighted by molar-refractivity contribution is -0.143. The molecule has 6 rings (SSSR count). The Balaban J connectivity index is 1.22. The minimum absolute atomic E-state index is 0.0750. The lowest BCUT2D eigenvalue weighted by atomic mass is 9.92. The fourth-order valence-electron chi connectivity index (χ4n) is 5.46. The second-order valence-corrected chi connectivity index (χ2v) is 10.9. The van der Waals surface area contributed by atoms with Crippen LogP contribution in [0, 0.1) is 6.92 Å². The number of nitrogens with zero attached hydrogens (tertiary/aromatic N) is 1. The molecule has 0 bridgehead atoms. The first-order valence-corrected chi connectivity index (χ1v) is 14.4. The van der Waals surface area contributed by atoms with Gasteiger partial charge in [-0.25, -0.2) is 4.90 Å². The molecule has 10 heteroatoms. The molecule has 3 amide bonds. The first-order valence-electron chi connectivity index (χ1n) is 14.0. The number of ether oxygens (including phenoxy) is 2. The molecule has 0 aliphatic carbocycles. The molecular weight excluding hydrogens is 572 g/mol. The van der Waals surface area contributed by atoms with Gasteiger partial charge in [0.25, 0.3) is 17.7 Å². The molecule has 2 N–H and O–H groups in total. The highest BCUT2D eigenvalue weighted by atomic mass is 35.5. The van der Waals surface area contributed by atoms with E-state index in [2.05, 4.69) is 5.32 Å². The van der Waals surface area contributed by atoms with Gasteiger partial charge in [0.15, 0.2) is 5.76 Å². The summed E-state index contributed by atoms with van der Waals surface area (Å²) in [5.74, 6) is -1.45. The Kier molecular flexibility index (Phi) is 8.03. The number of hydrogen-bond acceptors (Lipinski definition) is 7. The fraction of sp³-hybridized carbons (Fsp3) is 0.242. The first-order chi connectivity index (χ1) is 20.8. The zero-order chi connectivity index (χ0) is 30.1. The number of aliphatic hydroxyl groups is 1. The lowest BCUT2D eigenvalue weighted by Gasteiger charge is -2.29. The van der Waals surface area contributed by atoms with Crippen molar-refractivity contribution in [2.45, 2.75) is 38.4 Å². The predicted molar refractivity (Wildman–Crippen MR) is 161 cm³/mol. The number of para-hydroxylation sites is 1. The summed E-state index contributed by atoms with van der Waals surface area (Å²) in [6, 6.07) is 17.3. The Morgan fingerprint density at radius 3 is 2.70 bits per heavy atom. The number of aliphatic hydroxyl groups excluding tert-OH is 1. The summed E-state index contributed by atoms with van der Waals surface area (Å²) >= 11 is 6.05. The van der Waals surface area contributed by atoms with E-state index in [1.165, 1.54) is 6.07 Å². The van der Waals surface area contributed by atoms with E-state index in [1.807, 2.05) is 24.3 Å². The maximum absolute atomic E-state index is 13.5. The molecule has 0 fully saturated rings. The summed E-state index contributed by atoms with van der Waals surface area (Å²) in [5, 5.41) is 13.3. The molecule has 0 saturated heterocycles. The van der Waals surface area contributed by atoms with Crippen LogP contribution in [-0.2, 0) is 14.3 Å². The Morgan fingerprint density at radius 1 is 1.07 bits per heavy atom. The van der Waals surface area contributed by atoms with E-state index in [0.29, 0.717) is 53.4 Å². The molecule has 43 heavy (non-hydrogen) atoms. The Hall–Kier alpha value is -4.44. The zero-order valence-corrected chi connectivity index (χ0v) is 24.1. The van der Waals surface area contributed by atoms with Gasteiger partial charge in [0, 0.05) is 40.6 Å². The topological polar surface area (TPSA) is 118 Å². The van der Waals surface area contributed by atoms with Crippen LogP contribution in [0.1, 0.15) is 57.0 Å².